The van der Waals surface area contributed by atoms with Gasteiger partial charge in [0.1, 0.15) is 0 Å². The molecule has 4 aromatic carbocycles. The summed E-state index contributed by atoms with van der Waals surface area (Å²) in [6.07, 6.45) is -4.94. The van der Waals surface area contributed by atoms with Crippen LogP contribution in [0.15, 0.2) is 45.3 Å². The van der Waals surface area contributed by atoms with Crippen LogP contribution in [0.3, 0.4) is 0 Å². The lowest BCUT2D eigenvalue weighted by molar-refractivity contribution is -0.167. The summed E-state index contributed by atoms with van der Waals surface area (Å²) in [6, 6.07) is 11.1. The third-order valence-electron chi connectivity index (χ3n) is 4.51. The molecule has 0 atom stereocenters. The summed E-state index contributed by atoms with van der Waals surface area (Å²) < 4.78 is 39.9. The maximum atomic E-state index is 12.7. The minimum absolute atomic E-state index is 0.155. The molecule has 0 aliphatic heterocycles. The van der Waals surface area contributed by atoms with E-state index in [1.54, 1.807) is 12.1 Å². The molecular weight excluding hydrogens is 475 g/mol. The van der Waals surface area contributed by atoms with Gasteiger partial charge in [-0.15, -0.1) is 0 Å². The largest absolute Gasteiger partial charge is 0.471 e. The van der Waals surface area contributed by atoms with Crippen LogP contribution in [0.2, 0.25) is 0 Å². The molecule has 4 aromatic rings. The molecule has 4 rings (SSSR count). The van der Waals surface area contributed by atoms with Crippen LogP contribution in [0.4, 0.5) is 18.9 Å². The van der Waals surface area contributed by atoms with Crippen molar-refractivity contribution < 1.29 is 18.0 Å². The van der Waals surface area contributed by atoms with Gasteiger partial charge in [0.2, 0.25) is 0 Å². The Morgan fingerprint density at radius 2 is 1.38 bits per heavy atom. The second-order valence-electron chi connectivity index (χ2n) is 6.10. The molecule has 0 saturated carbocycles. The molecule has 26 heavy (non-hydrogen) atoms. The molecule has 7 heteroatoms. The van der Waals surface area contributed by atoms with Crippen molar-refractivity contribution in [2.45, 2.75) is 13.1 Å². The first-order valence-corrected chi connectivity index (χ1v) is 9.21. The van der Waals surface area contributed by atoms with Gasteiger partial charge in [-0.25, -0.2) is 0 Å². The highest BCUT2D eigenvalue weighted by Crippen LogP contribution is 2.44. The van der Waals surface area contributed by atoms with Crippen molar-refractivity contribution in [2.24, 2.45) is 0 Å². The van der Waals surface area contributed by atoms with Crippen molar-refractivity contribution in [3.63, 3.8) is 0 Å². The summed E-state index contributed by atoms with van der Waals surface area (Å²) in [7, 11) is 0. The maximum Gasteiger partial charge on any atom is 0.471 e. The number of halogens is 5. The fraction of sp³-hybridized carbons (Fsp3) is 0.105. The van der Waals surface area contributed by atoms with Crippen LogP contribution in [0, 0.1) is 6.92 Å². The summed E-state index contributed by atoms with van der Waals surface area (Å²) in [5, 5.41) is 7.22. The average Bonchev–Trinajstić information content (AvgIpc) is 2.56. The molecule has 0 fully saturated rings. The first-order chi connectivity index (χ1) is 12.2. The van der Waals surface area contributed by atoms with E-state index in [1.807, 2.05) is 36.5 Å². The summed E-state index contributed by atoms with van der Waals surface area (Å²) in [6.45, 7) is 1.82. The number of carbonyl (C=O) groups excluding carboxylic acids is 1. The smallest absolute Gasteiger partial charge is 0.318 e. The highest BCUT2D eigenvalue weighted by molar-refractivity contribution is 9.11. The van der Waals surface area contributed by atoms with Gasteiger partial charge in [0.25, 0.3) is 0 Å². The van der Waals surface area contributed by atoms with E-state index in [2.05, 4.69) is 31.9 Å². The van der Waals surface area contributed by atoms with Crippen LogP contribution >= 0.6 is 31.9 Å². The molecular formula is C19H10Br2F3NO. The molecule has 0 unspecified atom stereocenters. The number of nitrogens with one attached hydrogen (secondary N) is 1. The monoisotopic (exact) mass is 483 g/mol. The van der Waals surface area contributed by atoms with E-state index >= 15 is 0 Å². The van der Waals surface area contributed by atoms with Gasteiger partial charge in [-0.05, 0) is 51.6 Å². The van der Waals surface area contributed by atoms with Gasteiger partial charge in [-0.1, -0.05) is 56.1 Å². The van der Waals surface area contributed by atoms with Crippen molar-refractivity contribution in [1.29, 1.82) is 0 Å². The van der Waals surface area contributed by atoms with Gasteiger partial charge in [0.15, 0.2) is 0 Å². The van der Waals surface area contributed by atoms with E-state index < -0.39 is 12.1 Å². The predicted octanol–water partition coefficient (Wildman–Crippen LogP) is 6.92. The van der Waals surface area contributed by atoms with Crippen molar-refractivity contribution in [2.75, 3.05) is 5.32 Å². The molecule has 0 spiro atoms. The zero-order chi connectivity index (χ0) is 18.8. The number of hydrogen-bond acceptors (Lipinski definition) is 1. The summed E-state index contributed by atoms with van der Waals surface area (Å²) >= 11 is 7.09. The van der Waals surface area contributed by atoms with E-state index in [0.717, 1.165) is 41.4 Å². The maximum absolute atomic E-state index is 12.7. The van der Waals surface area contributed by atoms with Crippen LogP contribution in [0.5, 0.6) is 0 Å². The molecule has 1 N–H and O–H groups in total. The van der Waals surface area contributed by atoms with Crippen LogP contribution in [0.25, 0.3) is 32.3 Å². The molecule has 2 nitrogen and oxygen atoms in total. The molecule has 0 heterocycles. The van der Waals surface area contributed by atoms with Crippen molar-refractivity contribution >= 4 is 75.8 Å². The van der Waals surface area contributed by atoms with Crippen LogP contribution in [0.1, 0.15) is 5.56 Å². The fourth-order valence-electron chi connectivity index (χ4n) is 3.38. The van der Waals surface area contributed by atoms with Crippen molar-refractivity contribution in [3.05, 3.63) is 50.9 Å². The normalized spacial score (nSPS) is 12.4. The average molecular weight is 485 g/mol. The standard InChI is InChI=1S/C19H10Br2F3NO/c1-8-6-15(25-18(26)19(22,23)24)12-5-4-11-14(21)7-13(20)10-3-2-9(8)16(12)17(10)11/h2-7H,1H3,(H,25,26). The molecule has 0 radical (unpaired) electrons. The number of aryl methyl sites for hydroxylation is 1. The van der Waals surface area contributed by atoms with E-state index in [4.69, 9.17) is 0 Å². The van der Waals surface area contributed by atoms with Crippen LogP contribution in [-0.4, -0.2) is 12.1 Å². The van der Waals surface area contributed by atoms with Crippen molar-refractivity contribution in [1.82, 2.24) is 0 Å². The van der Waals surface area contributed by atoms with E-state index in [9.17, 15) is 18.0 Å². The second kappa shape index (κ2) is 5.82. The molecule has 132 valence electrons. The molecule has 0 bridgehead atoms. The Morgan fingerprint density at radius 1 is 0.885 bits per heavy atom. The Balaban J connectivity index is 2.12. The van der Waals surface area contributed by atoms with Gasteiger partial charge in [-0.3, -0.25) is 4.79 Å². The summed E-state index contributed by atoms with van der Waals surface area (Å²) in [4.78, 5) is 11.5. The SMILES string of the molecule is Cc1cc(NC(=O)C(F)(F)F)c2ccc3c(Br)cc(Br)c4ccc1c2c43. The minimum atomic E-state index is -4.94. The predicted molar refractivity (Wildman–Crippen MR) is 105 cm³/mol. The highest BCUT2D eigenvalue weighted by atomic mass is 79.9. The number of hydrogen-bond donors (Lipinski definition) is 1. The lowest BCUT2D eigenvalue weighted by Crippen LogP contribution is -2.30. The lowest BCUT2D eigenvalue weighted by Gasteiger charge is -2.18. The number of carbonyl (C=O) groups is 1. The van der Waals surface area contributed by atoms with E-state index in [0.29, 0.717) is 5.39 Å². The Labute approximate surface area is 162 Å². The molecule has 1 amide bonds. The second-order valence-corrected chi connectivity index (χ2v) is 7.81. The molecule has 0 aliphatic carbocycles. The first-order valence-electron chi connectivity index (χ1n) is 7.63. The van der Waals surface area contributed by atoms with Gasteiger partial charge >= 0.3 is 12.1 Å². The zero-order valence-electron chi connectivity index (χ0n) is 13.3. The van der Waals surface area contributed by atoms with Gasteiger partial charge in [0.05, 0.1) is 0 Å². The molecule has 0 aliphatic rings. The third-order valence-corrected chi connectivity index (χ3v) is 5.82. The Bertz CT molecular complexity index is 1180. The van der Waals surface area contributed by atoms with E-state index in [1.165, 1.54) is 0 Å². The van der Waals surface area contributed by atoms with Crippen molar-refractivity contribution in [3.8, 4) is 0 Å². The lowest BCUT2D eigenvalue weighted by atomic mass is 9.91. The Morgan fingerprint density at radius 3 is 1.96 bits per heavy atom. The molecule has 0 aromatic heterocycles. The van der Waals surface area contributed by atoms with Gasteiger partial charge in [-0.2, -0.15) is 13.2 Å². The number of anilines is 1. The van der Waals surface area contributed by atoms with Gasteiger partial charge < -0.3 is 5.32 Å². The van der Waals surface area contributed by atoms with Gasteiger partial charge in [0, 0.05) is 20.0 Å². The fourth-order valence-corrected chi connectivity index (χ4v) is 4.81. The number of benzene rings is 4. The van der Waals surface area contributed by atoms with E-state index in [-0.39, 0.29) is 5.69 Å². The minimum Gasteiger partial charge on any atom is -0.318 e. The first kappa shape index (κ1) is 17.5. The summed E-state index contributed by atoms with van der Waals surface area (Å²) in [5.74, 6) is -1.98. The van der Waals surface area contributed by atoms with Crippen LogP contribution < -0.4 is 5.32 Å². The molecule has 0 saturated heterocycles. The number of rotatable bonds is 1. The Hall–Kier alpha value is -1.86. The Kier molecular flexibility index (Phi) is 3.93. The third kappa shape index (κ3) is 2.56. The quantitative estimate of drug-likeness (QED) is 0.292. The topological polar surface area (TPSA) is 29.1 Å². The number of alkyl halides is 3. The number of amides is 1. The summed E-state index contributed by atoms with van der Waals surface area (Å²) in [5.41, 5.74) is 0.947. The zero-order valence-corrected chi connectivity index (χ0v) is 16.4. The van der Waals surface area contributed by atoms with Crippen LogP contribution in [-0.2, 0) is 4.79 Å². The highest BCUT2D eigenvalue weighted by Gasteiger charge is 2.39.